The molecule has 1 amide bonds. The lowest BCUT2D eigenvalue weighted by Gasteiger charge is -2.23. The molecule has 1 aliphatic carbocycles. The number of carbonyl (C=O) groups is 2. The Balaban J connectivity index is 1.32. The van der Waals surface area contributed by atoms with E-state index in [9.17, 15) is 9.59 Å². The molecular formula is C32H29N3O3S2. The summed E-state index contributed by atoms with van der Waals surface area (Å²) in [6.45, 7) is 4.10. The second kappa shape index (κ2) is 10.9. The minimum Gasteiger partial charge on any atom is -0.462 e. The van der Waals surface area contributed by atoms with Crippen LogP contribution in [0.2, 0.25) is 0 Å². The fraction of sp³-hybridized carbons (Fsp3) is 0.219. The van der Waals surface area contributed by atoms with Crippen molar-refractivity contribution >= 4 is 55.5 Å². The van der Waals surface area contributed by atoms with Gasteiger partial charge in [0, 0.05) is 15.8 Å². The molecule has 3 heterocycles. The number of aromatic nitrogens is 1. The van der Waals surface area contributed by atoms with Gasteiger partial charge in [0.2, 0.25) is 0 Å². The Kier molecular flexibility index (Phi) is 7.12. The molecule has 0 spiro atoms. The quantitative estimate of drug-likeness (QED) is 0.206. The van der Waals surface area contributed by atoms with Crippen LogP contribution in [-0.4, -0.2) is 23.5 Å². The lowest BCUT2D eigenvalue weighted by atomic mass is 9.83. The number of fused-ring (bicyclic) bond motifs is 2. The van der Waals surface area contributed by atoms with E-state index < -0.39 is 5.97 Å². The Hall–Kier alpha value is -4.01. The van der Waals surface area contributed by atoms with Crippen molar-refractivity contribution in [2.45, 2.75) is 39.0 Å². The SMILES string of the molecule is CCOC(=O)c1c(NC(=O)c2sc3nc(-c4ccc(C)cc4)ccc3c2N)sc2c1CCC(c1ccccc1)C2. The number of amides is 1. The molecule has 0 bridgehead atoms. The first kappa shape index (κ1) is 26.2. The van der Waals surface area contributed by atoms with Gasteiger partial charge in [-0.3, -0.25) is 4.79 Å². The summed E-state index contributed by atoms with van der Waals surface area (Å²) in [4.78, 5) is 33.6. The molecule has 1 atom stereocenters. The molecule has 0 saturated carbocycles. The number of rotatable bonds is 6. The zero-order valence-electron chi connectivity index (χ0n) is 22.3. The zero-order chi connectivity index (χ0) is 27.8. The Morgan fingerprint density at radius 2 is 1.82 bits per heavy atom. The lowest BCUT2D eigenvalue weighted by molar-refractivity contribution is 0.0526. The lowest BCUT2D eigenvalue weighted by Crippen LogP contribution is -2.17. The van der Waals surface area contributed by atoms with Crippen LogP contribution in [0.25, 0.3) is 21.5 Å². The summed E-state index contributed by atoms with van der Waals surface area (Å²) < 4.78 is 5.41. The summed E-state index contributed by atoms with van der Waals surface area (Å²) >= 11 is 2.73. The number of pyridine rings is 1. The van der Waals surface area contributed by atoms with Crippen molar-refractivity contribution in [1.29, 1.82) is 0 Å². The molecule has 6 nitrogen and oxygen atoms in total. The number of hydrogen-bond acceptors (Lipinski definition) is 7. The van der Waals surface area contributed by atoms with Crippen LogP contribution in [0.5, 0.6) is 0 Å². The predicted molar refractivity (Wildman–Crippen MR) is 164 cm³/mol. The highest BCUT2D eigenvalue weighted by molar-refractivity contribution is 7.21. The highest BCUT2D eigenvalue weighted by Gasteiger charge is 2.31. The van der Waals surface area contributed by atoms with E-state index in [2.05, 4.69) is 29.6 Å². The number of esters is 1. The van der Waals surface area contributed by atoms with Crippen LogP contribution in [-0.2, 0) is 17.6 Å². The number of nitrogens with one attached hydrogen (secondary N) is 1. The van der Waals surface area contributed by atoms with E-state index in [1.807, 2.05) is 49.4 Å². The first-order valence-electron chi connectivity index (χ1n) is 13.4. The second-order valence-electron chi connectivity index (χ2n) is 9.99. The number of benzene rings is 2. The van der Waals surface area contributed by atoms with Crippen LogP contribution in [0.3, 0.4) is 0 Å². The van der Waals surface area contributed by atoms with Gasteiger partial charge < -0.3 is 15.8 Å². The van der Waals surface area contributed by atoms with Gasteiger partial charge in [0.05, 0.1) is 23.6 Å². The number of nitrogens with zero attached hydrogens (tertiary/aromatic N) is 1. The van der Waals surface area contributed by atoms with Gasteiger partial charge in [0.1, 0.15) is 14.7 Å². The molecule has 40 heavy (non-hydrogen) atoms. The summed E-state index contributed by atoms with van der Waals surface area (Å²) in [6.07, 6.45) is 2.51. The van der Waals surface area contributed by atoms with E-state index in [-0.39, 0.29) is 12.5 Å². The minimum atomic E-state index is -0.401. The summed E-state index contributed by atoms with van der Waals surface area (Å²) in [7, 11) is 0. The Morgan fingerprint density at radius 1 is 1.05 bits per heavy atom. The summed E-state index contributed by atoms with van der Waals surface area (Å²) in [5.41, 5.74) is 12.6. The maximum Gasteiger partial charge on any atom is 0.341 e. The smallest absolute Gasteiger partial charge is 0.341 e. The summed E-state index contributed by atoms with van der Waals surface area (Å²) in [6, 6.07) is 22.4. The van der Waals surface area contributed by atoms with Crippen LogP contribution in [0.1, 0.15) is 60.9 Å². The number of carbonyl (C=O) groups excluding carboxylic acids is 2. The van der Waals surface area contributed by atoms with Gasteiger partial charge in [-0.1, -0.05) is 60.2 Å². The molecular weight excluding hydrogens is 539 g/mol. The maximum absolute atomic E-state index is 13.6. The van der Waals surface area contributed by atoms with E-state index in [4.69, 9.17) is 15.5 Å². The van der Waals surface area contributed by atoms with E-state index in [1.165, 1.54) is 33.8 Å². The monoisotopic (exact) mass is 567 g/mol. The molecule has 0 saturated heterocycles. The largest absolute Gasteiger partial charge is 0.462 e. The molecule has 0 fully saturated rings. The van der Waals surface area contributed by atoms with E-state index >= 15 is 0 Å². The molecule has 1 aliphatic rings. The van der Waals surface area contributed by atoms with Crippen LogP contribution in [0.15, 0.2) is 66.7 Å². The third-order valence-electron chi connectivity index (χ3n) is 7.39. The highest BCUT2D eigenvalue weighted by atomic mass is 32.1. The first-order chi connectivity index (χ1) is 19.4. The van der Waals surface area contributed by atoms with Gasteiger partial charge in [-0.2, -0.15) is 0 Å². The normalized spacial score (nSPS) is 14.6. The number of ether oxygens (including phenoxy) is 1. The van der Waals surface area contributed by atoms with Crippen molar-refractivity contribution in [2.24, 2.45) is 0 Å². The van der Waals surface area contributed by atoms with Crippen LogP contribution < -0.4 is 11.1 Å². The maximum atomic E-state index is 13.6. The topological polar surface area (TPSA) is 94.3 Å². The number of nitrogen functional groups attached to an aromatic ring is 1. The Morgan fingerprint density at radius 3 is 2.58 bits per heavy atom. The van der Waals surface area contributed by atoms with E-state index in [0.717, 1.165) is 46.3 Å². The Bertz CT molecular complexity index is 1720. The van der Waals surface area contributed by atoms with E-state index in [0.29, 0.717) is 31.9 Å². The molecule has 1 unspecified atom stereocenters. The third-order valence-corrected chi connectivity index (χ3v) is 9.67. The first-order valence-corrected chi connectivity index (χ1v) is 15.0. The van der Waals surface area contributed by atoms with Crippen molar-refractivity contribution in [2.75, 3.05) is 17.7 Å². The van der Waals surface area contributed by atoms with Gasteiger partial charge in [0.15, 0.2) is 0 Å². The van der Waals surface area contributed by atoms with Gasteiger partial charge >= 0.3 is 5.97 Å². The molecule has 6 rings (SSSR count). The molecule has 3 aromatic heterocycles. The average molecular weight is 568 g/mol. The summed E-state index contributed by atoms with van der Waals surface area (Å²) in [5.74, 6) is -0.374. The number of hydrogen-bond donors (Lipinski definition) is 2. The molecule has 5 aromatic rings. The molecule has 0 radical (unpaired) electrons. The van der Waals surface area contributed by atoms with Gasteiger partial charge in [0.25, 0.3) is 5.91 Å². The molecule has 3 N–H and O–H groups in total. The average Bonchev–Trinajstić information content (AvgIpc) is 3.50. The number of aryl methyl sites for hydroxylation is 1. The van der Waals surface area contributed by atoms with Gasteiger partial charge in [-0.05, 0) is 62.3 Å². The van der Waals surface area contributed by atoms with Crippen molar-refractivity contribution in [3.05, 3.63) is 98.7 Å². The number of anilines is 2. The molecule has 0 aliphatic heterocycles. The standard InChI is InChI=1S/C32H29N3O3S2/c1-3-38-32(37)26-22-14-13-21(19-7-5-4-6-8-19)17-25(22)39-31(26)35-29(36)28-27(33)23-15-16-24(34-30(23)40-28)20-11-9-18(2)10-12-20/h4-12,15-16,21H,3,13-14,17,33H2,1-2H3,(H,35,36). The fourth-order valence-electron chi connectivity index (χ4n) is 5.31. The van der Waals surface area contributed by atoms with E-state index in [1.54, 1.807) is 6.92 Å². The number of nitrogens with two attached hydrogens (primary N) is 1. The second-order valence-corrected chi connectivity index (χ2v) is 12.1. The highest BCUT2D eigenvalue weighted by Crippen LogP contribution is 2.43. The van der Waals surface area contributed by atoms with Crippen LogP contribution in [0.4, 0.5) is 10.7 Å². The van der Waals surface area contributed by atoms with Gasteiger partial charge in [-0.25, -0.2) is 9.78 Å². The van der Waals surface area contributed by atoms with Crippen molar-refractivity contribution < 1.29 is 14.3 Å². The zero-order valence-corrected chi connectivity index (χ0v) is 24.0. The number of thiophene rings is 2. The van der Waals surface area contributed by atoms with Crippen molar-refractivity contribution in [1.82, 2.24) is 4.98 Å². The van der Waals surface area contributed by atoms with Crippen LogP contribution in [0, 0.1) is 6.92 Å². The molecule has 2 aromatic carbocycles. The molecule has 202 valence electrons. The Labute approximate surface area is 240 Å². The third kappa shape index (κ3) is 4.89. The summed E-state index contributed by atoms with van der Waals surface area (Å²) in [5, 5.41) is 4.28. The fourth-order valence-corrected chi connectivity index (χ4v) is 7.61. The van der Waals surface area contributed by atoms with Gasteiger partial charge in [-0.15, -0.1) is 22.7 Å². The minimum absolute atomic E-state index is 0.266. The van der Waals surface area contributed by atoms with Crippen molar-refractivity contribution in [3.8, 4) is 11.3 Å². The predicted octanol–water partition coefficient (Wildman–Crippen LogP) is 7.62. The molecule has 8 heteroatoms. The van der Waals surface area contributed by atoms with Crippen LogP contribution >= 0.6 is 22.7 Å². The van der Waals surface area contributed by atoms with Crippen molar-refractivity contribution in [3.63, 3.8) is 0 Å².